The van der Waals surface area contributed by atoms with Gasteiger partial charge in [0.2, 0.25) is 5.91 Å². The predicted molar refractivity (Wildman–Crippen MR) is 93.4 cm³/mol. The minimum atomic E-state index is -0.171. The van der Waals surface area contributed by atoms with Crippen LogP contribution in [0.25, 0.3) is 0 Å². The van der Waals surface area contributed by atoms with Crippen molar-refractivity contribution in [2.45, 2.75) is 58.3 Å². The number of aromatic amines is 1. The largest absolute Gasteiger partial charge is 0.379 e. The van der Waals surface area contributed by atoms with Crippen molar-refractivity contribution in [1.29, 1.82) is 0 Å². The maximum absolute atomic E-state index is 12.3. The Kier molecular flexibility index (Phi) is 6.40. The van der Waals surface area contributed by atoms with Gasteiger partial charge in [-0.1, -0.05) is 5.16 Å². The first-order chi connectivity index (χ1) is 12.6. The fraction of sp³-hybridized carbons (Fsp3) is 0.611. The van der Waals surface area contributed by atoms with Crippen molar-refractivity contribution in [3.8, 4) is 0 Å². The molecule has 2 atom stereocenters. The van der Waals surface area contributed by atoms with Crippen molar-refractivity contribution in [2.75, 3.05) is 13.2 Å². The smallest absolute Gasteiger partial charge is 0.220 e. The summed E-state index contributed by atoms with van der Waals surface area (Å²) in [5, 5.41) is 13.7. The first-order valence-electron chi connectivity index (χ1n) is 9.01. The lowest BCUT2D eigenvalue weighted by Gasteiger charge is -2.32. The van der Waals surface area contributed by atoms with Crippen LogP contribution in [0.4, 0.5) is 0 Å². The van der Waals surface area contributed by atoms with Crippen LogP contribution in [0.1, 0.15) is 41.8 Å². The fourth-order valence-corrected chi connectivity index (χ4v) is 3.09. The van der Waals surface area contributed by atoms with Gasteiger partial charge in [0.25, 0.3) is 0 Å². The molecule has 0 saturated carbocycles. The van der Waals surface area contributed by atoms with E-state index in [4.69, 9.17) is 14.0 Å². The molecule has 3 heterocycles. The molecule has 0 spiro atoms. The number of rotatable bonds is 8. The number of aromatic nitrogens is 3. The number of aryl methyl sites for hydroxylation is 3. The van der Waals surface area contributed by atoms with Crippen LogP contribution in [-0.2, 0) is 27.3 Å². The van der Waals surface area contributed by atoms with E-state index in [9.17, 15) is 4.79 Å². The normalized spacial score (nSPS) is 20.2. The Morgan fingerprint density at radius 3 is 3.08 bits per heavy atom. The minimum absolute atomic E-state index is 0.0364. The number of hydrogen-bond donors (Lipinski definition) is 2. The Balaban J connectivity index is 1.46. The van der Waals surface area contributed by atoms with Gasteiger partial charge in [-0.15, -0.1) is 0 Å². The number of H-pyrrole nitrogens is 1. The van der Waals surface area contributed by atoms with Crippen LogP contribution in [0.2, 0.25) is 0 Å². The summed E-state index contributed by atoms with van der Waals surface area (Å²) in [6, 6.07) is -0.0364. The van der Waals surface area contributed by atoms with Crippen LogP contribution in [0.5, 0.6) is 0 Å². The summed E-state index contributed by atoms with van der Waals surface area (Å²) >= 11 is 0. The van der Waals surface area contributed by atoms with E-state index in [0.717, 1.165) is 41.8 Å². The maximum Gasteiger partial charge on any atom is 0.220 e. The summed E-state index contributed by atoms with van der Waals surface area (Å²) in [5.74, 6) is 0.811. The molecule has 142 valence electrons. The first-order valence-corrected chi connectivity index (χ1v) is 9.01. The zero-order chi connectivity index (χ0) is 18.4. The van der Waals surface area contributed by atoms with Crippen molar-refractivity contribution < 1.29 is 18.8 Å². The standard InChI is InChI=1S/C18H26N4O4/c1-12-15(13(2)26-22-12)10-25-17-11-24-7-6-16(17)21-18(23)5-3-4-14-8-19-20-9-14/h8-9,16-17H,3-7,10-11H2,1-2H3,(H,19,20)(H,21,23). The van der Waals surface area contributed by atoms with Crippen molar-refractivity contribution in [3.05, 3.63) is 35.0 Å². The highest BCUT2D eigenvalue weighted by atomic mass is 16.5. The molecule has 0 aliphatic carbocycles. The number of hydrogen-bond acceptors (Lipinski definition) is 6. The molecule has 2 N–H and O–H groups in total. The van der Waals surface area contributed by atoms with E-state index in [1.165, 1.54) is 0 Å². The molecular weight excluding hydrogens is 336 g/mol. The zero-order valence-electron chi connectivity index (χ0n) is 15.3. The lowest BCUT2D eigenvalue weighted by atomic mass is 10.0. The molecular formula is C18H26N4O4. The lowest BCUT2D eigenvalue weighted by molar-refractivity contribution is -0.126. The molecule has 1 amide bonds. The maximum atomic E-state index is 12.3. The Morgan fingerprint density at radius 1 is 1.46 bits per heavy atom. The van der Waals surface area contributed by atoms with E-state index in [0.29, 0.717) is 26.2 Å². The fourth-order valence-electron chi connectivity index (χ4n) is 3.09. The van der Waals surface area contributed by atoms with Gasteiger partial charge in [0, 0.05) is 24.8 Å². The Labute approximate surface area is 152 Å². The molecule has 3 rings (SSSR count). The van der Waals surface area contributed by atoms with Gasteiger partial charge in [-0.3, -0.25) is 9.89 Å². The van der Waals surface area contributed by atoms with Crippen LogP contribution < -0.4 is 5.32 Å². The average molecular weight is 362 g/mol. The number of carbonyl (C=O) groups is 1. The molecule has 0 bridgehead atoms. The van der Waals surface area contributed by atoms with E-state index in [2.05, 4.69) is 20.7 Å². The quantitative estimate of drug-likeness (QED) is 0.743. The van der Waals surface area contributed by atoms with Crippen LogP contribution in [0.15, 0.2) is 16.9 Å². The van der Waals surface area contributed by atoms with Crippen LogP contribution in [0.3, 0.4) is 0 Å². The van der Waals surface area contributed by atoms with Gasteiger partial charge in [0.1, 0.15) is 11.9 Å². The van der Waals surface area contributed by atoms with Crippen LogP contribution in [-0.4, -0.2) is 46.6 Å². The molecule has 2 unspecified atom stereocenters. The number of nitrogens with one attached hydrogen (secondary N) is 2. The summed E-state index contributed by atoms with van der Waals surface area (Å²) < 4.78 is 16.7. The second-order valence-corrected chi connectivity index (χ2v) is 6.65. The highest BCUT2D eigenvalue weighted by Crippen LogP contribution is 2.18. The van der Waals surface area contributed by atoms with Crippen LogP contribution >= 0.6 is 0 Å². The third-order valence-electron chi connectivity index (χ3n) is 4.70. The zero-order valence-corrected chi connectivity index (χ0v) is 15.3. The average Bonchev–Trinajstić information content (AvgIpc) is 3.25. The summed E-state index contributed by atoms with van der Waals surface area (Å²) in [6.45, 7) is 5.28. The molecule has 2 aromatic heterocycles. The first kappa shape index (κ1) is 18.6. The van der Waals surface area contributed by atoms with E-state index in [1.807, 2.05) is 20.0 Å². The van der Waals surface area contributed by atoms with Crippen molar-refractivity contribution in [2.24, 2.45) is 0 Å². The van der Waals surface area contributed by atoms with E-state index in [1.54, 1.807) is 6.20 Å². The van der Waals surface area contributed by atoms with E-state index < -0.39 is 0 Å². The van der Waals surface area contributed by atoms with Gasteiger partial charge in [-0.05, 0) is 38.7 Å². The lowest BCUT2D eigenvalue weighted by Crippen LogP contribution is -2.49. The molecule has 26 heavy (non-hydrogen) atoms. The minimum Gasteiger partial charge on any atom is -0.379 e. The number of amides is 1. The summed E-state index contributed by atoms with van der Waals surface area (Å²) in [7, 11) is 0. The molecule has 8 heteroatoms. The molecule has 0 radical (unpaired) electrons. The predicted octanol–water partition coefficient (Wildman–Crippen LogP) is 1.83. The molecule has 1 aliphatic heterocycles. The number of ether oxygens (including phenoxy) is 2. The third-order valence-corrected chi connectivity index (χ3v) is 4.70. The second kappa shape index (κ2) is 8.95. The monoisotopic (exact) mass is 362 g/mol. The summed E-state index contributed by atoms with van der Waals surface area (Å²) in [5.41, 5.74) is 2.91. The van der Waals surface area contributed by atoms with Crippen molar-refractivity contribution in [3.63, 3.8) is 0 Å². The van der Waals surface area contributed by atoms with E-state index >= 15 is 0 Å². The molecule has 1 fully saturated rings. The van der Waals surface area contributed by atoms with Gasteiger partial charge >= 0.3 is 0 Å². The topological polar surface area (TPSA) is 102 Å². The Morgan fingerprint density at radius 2 is 2.35 bits per heavy atom. The van der Waals surface area contributed by atoms with Crippen molar-refractivity contribution >= 4 is 5.91 Å². The van der Waals surface area contributed by atoms with Gasteiger partial charge < -0.3 is 19.3 Å². The highest BCUT2D eigenvalue weighted by molar-refractivity contribution is 5.76. The van der Waals surface area contributed by atoms with Crippen LogP contribution in [0, 0.1) is 13.8 Å². The molecule has 8 nitrogen and oxygen atoms in total. The van der Waals surface area contributed by atoms with E-state index in [-0.39, 0.29) is 18.1 Å². The number of nitrogens with zero attached hydrogens (tertiary/aromatic N) is 2. The molecule has 0 aromatic carbocycles. The molecule has 1 saturated heterocycles. The Hall–Kier alpha value is -2.19. The summed E-state index contributed by atoms with van der Waals surface area (Å²) in [6.07, 6.45) is 6.33. The molecule has 2 aromatic rings. The van der Waals surface area contributed by atoms with Gasteiger partial charge in [0.05, 0.1) is 31.1 Å². The highest BCUT2D eigenvalue weighted by Gasteiger charge is 2.28. The number of carbonyl (C=O) groups excluding carboxylic acids is 1. The Bertz CT molecular complexity index is 679. The van der Waals surface area contributed by atoms with Gasteiger partial charge in [-0.25, -0.2) is 0 Å². The third kappa shape index (κ3) is 4.92. The SMILES string of the molecule is Cc1noc(C)c1COC1COCCC1NC(=O)CCCc1cn[nH]c1. The molecule has 1 aliphatic rings. The van der Waals surface area contributed by atoms with Gasteiger partial charge in [0.15, 0.2) is 0 Å². The van der Waals surface area contributed by atoms with Gasteiger partial charge in [-0.2, -0.15) is 5.10 Å². The van der Waals surface area contributed by atoms with Crippen molar-refractivity contribution in [1.82, 2.24) is 20.7 Å². The second-order valence-electron chi connectivity index (χ2n) is 6.65. The summed E-state index contributed by atoms with van der Waals surface area (Å²) in [4.78, 5) is 12.3.